The third-order valence-electron chi connectivity index (χ3n) is 19.7. The first-order chi connectivity index (χ1) is 47.1. The van der Waals surface area contributed by atoms with Crippen molar-refractivity contribution in [3.8, 4) is 0 Å². The van der Waals surface area contributed by atoms with E-state index in [4.69, 9.17) is 39.2 Å². The highest BCUT2D eigenvalue weighted by Crippen LogP contribution is 2.47. The Bertz CT molecular complexity index is 4140. The Morgan fingerprint density at radius 3 is 2.21 bits per heavy atom. The number of quaternary nitrogens is 1. The second kappa shape index (κ2) is 31.8. The summed E-state index contributed by atoms with van der Waals surface area (Å²) in [6.07, 6.45) is 4.12. The van der Waals surface area contributed by atoms with Gasteiger partial charge in [0.05, 0.1) is 56.4 Å². The number of fused-ring (bicyclic) bond motifs is 5. The minimum absolute atomic E-state index is 0.00631. The third kappa shape index (κ3) is 17.0. The van der Waals surface area contributed by atoms with Gasteiger partial charge in [-0.05, 0) is 50.8 Å². The van der Waals surface area contributed by atoms with Crippen LogP contribution in [0.4, 0.5) is 21.9 Å². The van der Waals surface area contributed by atoms with Gasteiger partial charge < -0.3 is 85.5 Å². The smallest absolute Gasteiger partial charge is 0.312 e. The fourth-order valence-electron chi connectivity index (χ4n) is 13.7. The molecule has 2 saturated heterocycles. The number of methoxy groups -OCH3 is 1. The SMILES string of the molecule is CO[C@H]1/C=C/O[C@@]2(C)OC3=C(C)C(O)=c4c(c5nc6c(=O)cc(N7CCC([N+](C)(C)Cc8ccc(NC(=O)[C@H](CCCNC(N)=O)NC(=O)[C@@H](NC(=O)CCC(=O)O)C(C)C)cc8)CC7)cc6oc5c(c4=O)NC(=O)/C(C)=C\C=C\[C@H](C)[C@H](O)[C@@H](C)[C@@H](O)[C@@H](C)[C@H](OC(C)=O)[C@@H]1C)C3C2=O. The molecule has 2 fully saturated rings. The Hall–Kier alpha value is -9.51. The van der Waals surface area contributed by atoms with Gasteiger partial charge in [0.25, 0.3) is 5.91 Å². The number of aliphatic hydroxyl groups excluding tert-OH is 3. The van der Waals surface area contributed by atoms with E-state index >= 15 is 9.59 Å². The quantitative estimate of drug-likeness (QED) is 0.0253. The van der Waals surface area contributed by atoms with Crippen molar-refractivity contribution in [2.75, 3.05) is 56.4 Å². The molecular formula is C72H94N9O19+. The second-order valence-electron chi connectivity index (χ2n) is 27.7. The predicted molar refractivity (Wildman–Crippen MR) is 371 cm³/mol. The third-order valence-corrected chi connectivity index (χ3v) is 19.7. The standard InChI is InChI=1S/C72H93N9O19/c1-35(2)56(77-51(84)23-24-52(85)86)70(94)76-47(18-15-28-74-71(73)95)69(93)75-44-21-19-43(20-22-44)34-81(11,12)46-25-29-80(30-26-46)45-32-48(83)57-50(33-45)99-66-58(78-57)53-54-62(89)41(8)65-55(53)67(91)72(10,100-65)97-31-27-49(96-13)38(5)64(98-42(9)82)40(7)61(88)39(6)60(87)36(3)16-14-17-37(4)68(92)79-59(66)63(54)90/h14,16-17,19-22,27,31-33,35-36,38-40,46-47,49,55-56,60-61,64,87-88H,15,18,23-26,28-30,34H2,1-13H3,(H8-,73,74,75,76,77,78,79,83,84,85,86,89,90,92,93,94,95)/p+1/b16-14+,31-27+,37-17-/t36-,38+,39+,40+,47-,49-,55?,56-,60-,61+,64+,72-/m0/s1. The zero-order valence-corrected chi connectivity index (χ0v) is 58.8. The lowest BCUT2D eigenvalue weighted by molar-refractivity contribution is -0.928. The summed E-state index contributed by atoms with van der Waals surface area (Å²) >= 11 is 0. The molecule has 8 rings (SSSR count). The molecule has 3 aliphatic heterocycles. The predicted octanol–water partition coefficient (Wildman–Crippen LogP) is 5.09. The molecule has 0 radical (unpaired) electrons. The number of rotatable bonds is 19. The number of allylic oxidation sites excluding steroid dienone is 3. The molecule has 540 valence electrons. The van der Waals surface area contributed by atoms with E-state index in [2.05, 4.69) is 40.7 Å². The number of carboxylic acids is 1. The number of ketones is 1. The van der Waals surface area contributed by atoms with Crippen molar-refractivity contribution in [2.45, 2.75) is 169 Å². The number of piperidine rings is 1. The number of benzene rings is 3. The highest BCUT2D eigenvalue weighted by Gasteiger charge is 2.56. The molecule has 1 aromatic heterocycles. The van der Waals surface area contributed by atoms with Crippen molar-refractivity contribution in [3.05, 3.63) is 121 Å². The molecule has 0 saturated carbocycles. The van der Waals surface area contributed by atoms with E-state index in [9.17, 15) is 53.7 Å². The number of carbonyl (C=O) groups excluding carboxylic acids is 7. The van der Waals surface area contributed by atoms with Crippen LogP contribution < -0.4 is 53.3 Å². The normalized spacial score (nSPS) is 25.8. The number of nitrogens with two attached hydrogens (primary N) is 1. The number of aromatic nitrogens is 1. The van der Waals surface area contributed by atoms with Crippen molar-refractivity contribution in [1.29, 1.82) is 0 Å². The first-order valence-electron chi connectivity index (χ1n) is 33.6. The highest BCUT2D eigenvalue weighted by atomic mass is 16.7. The maximum absolute atomic E-state index is 15.2. The van der Waals surface area contributed by atoms with Crippen molar-refractivity contribution >= 4 is 92.4 Å². The van der Waals surface area contributed by atoms with Gasteiger partial charge >= 0.3 is 23.8 Å². The largest absolute Gasteiger partial charge is 0.507 e. The van der Waals surface area contributed by atoms with Crippen LogP contribution in [0.1, 0.15) is 125 Å². The molecule has 5 bridgehead atoms. The van der Waals surface area contributed by atoms with E-state index in [1.165, 1.54) is 59.3 Å². The zero-order valence-electron chi connectivity index (χ0n) is 58.8. The molecule has 0 spiro atoms. The number of esters is 1. The molecule has 28 nitrogen and oxygen atoms in total. The van der Waals surface area contributed by atoms with E-state index in [1.807, 2.05) is 17.0 Å². The van der Waals surface area contributed by atoms with Crippen LogP contribution in [0, 0.1) is 29.6 Å². The fraction of sp³-hybridized carbons (Fsp3) is 0.514. The summed E-state index contributed by atoms with van der Waals surface area (Å²) in [6, 6.07) is 7.52. The summed E-state index contributed by atoms with van der Waals surface area (Å²) in [5.74, 6) is -12.6. The van der Waals surface area contributed by atoms with E-state index in [0.717, 1.165) is 5.56 Å². The Morgan fingerprint density at radius 1 is 0.900 bits per heavy atom. The van der Waals surface area contributed by atoms with Crippen molar-refractivity contribution in [1.82, 2.24) is 20.9 Å². The first kappa shape index (κ1) is 76.2. The van der Waals surface area contributed by atoms with Gasteiger partial charge in [-0.3, -0.25) is 43.2 Å². The summed E-state index contributed by atoms with van der Waals surface area (Å²) < 4.78 is 31.3. The number of urea groups is 1. The Kier molecular flexibility index (Phi) is 24.2. The number of aliphatic carboxylic acids is 1. The highest BCUT2D eigenvalue weighted by molar-refractivity contribution is 6.10. The number of hydrogen-bond donors (Lipinski definition) is 10. The molecule has 4 aromatic rings. The summed E-state index contributed by atoms with van der Waals surface area (Å²) in [5, 5.41) is 57.3. The van der Waals surface area contributed by atoms with E-state index in [-0.39, 0.29) is 76.5 Å². The molecule has 11 N–H and O–H groups in total. The van der Waals surface area contributed by atoms with Gasteiger partial charge in [-0.25, -0.2) is 9.78 Å². The van der Waals surface area contributed by atoms with Crippen molar-refractivity contribution in [2.24, 2.45) is 35.3 Å². The lowest BCUT2D eigenvalue weighted by atomic mass is 9.78. The van der Waals surface area contributed by atoms with Crippen molar-refractivity contribution in [3.63, 3.8) is 0 Å². The Labute approximate surface area is 578 Å². The molecule has 28 heteroatoms. The summed E-state index contributed by atoms with van der Waals surface area (Å²) in [7, 11) is 5.64. The monoisotopic (exact) mass is 1390 g/mol. The van der Waals surface area contributed by atoms with Gasteiger partial charge in [-0.2, -0.15) is 0 Å². The number of aliphatic hydroxyl groups is 3. The maximum Gasteiger partial charge on any atom is 0.312 e. The number of amides is 6. The van der Waals surface area contributed by atoms with Crippen LogP contribution in [0.2, 0.25) is 0 Å². The van der Waals surface area contributed by atoms with E-state index < -0.39 is 159 Å². The Balaban J connectivity index is 1.06. The number of anilines is 3. The minimum Gasteiger partial charge on any atom is -0.507 e. The maximum atomic E-state index is 15.2. The first-order valence-corrected chi connectivity index (χ1v) is 33.6. The van der Waals surface area contributed by atoms with Gasteiger partial charge in [0, 0.05) is 129 Å². The lowest BCUT2D eigenvalue weighted by Crippen LogP contribution is -2.54. The van der Waals surface area contributed by atoms with Crippen LogP contribution in [0.3, 0.4) is 0 Å². The molecule has 4 aliphatic rings. The van der Waals surface area contributed by atoms with Gasteiger partial charge in [0.1, 0.15) is 53.4 Å². The molecule has 1 aliphatic carbocycles. The topological polar surface area (TPSA) is 404 Å². The summed E-state index contributed by atoms with van der Waals surface area (Å²) in [4.78, 5) is 141. The number of Topliss-reactive ketones (excluding diaryl/α,β-unsaturated/α-hetero) is 1. The number of ether oxygens (including phenoxy) is 4. The van der Waals surface area contributed by atoms with Gasteiger partial charge in [0.2, 0.25) is 34.4 Å². The van der Waals surface area contributed by atoms with Gasteiger partial charge in [0.15, 0.2) is 16.7 Å². The number of nitrogens with zero attached hydrogens (tertiary/aromatic N) is 3. The average molecular weight is 1390 g/mol. The zero-order chi connectivity index (χ0) is 73.6. The Morgan fingerprint density at radius 2 is 1.58 bits per heavy atom. The fourth-order valence-corrected chi connectivity index (χ4v) is 13.7. The number of hydrogen-bond acceptors (Lipinski definition) is 20. The van der Waals surface area contributed by atoms with E-state index in [0.29, 0.717) is 48.3 Å². The van der Waals surface area contributed by atoms with Crippen LogP contribution in [-0.4, -0.2) is 166 Å². The molecule has 3 aromatic carbocycles. The van der Waals surface area contributed by atoms with Crippen LogP contribution in [0.25, 0.3) is 28.0 Å². The number of primary amides is 1. The molecule has 12 atom stereocenters. The summed E-state index contributed by atoms with van der Waals surface area (Å²) in [6.45, 7) is 17.5. The van der Waals surface area contributed by atoms with Gasteiger partial charge in [-0.1, -0.05) is 71.9 Å². The average Bonchev–Trinajstić information content (AvgIpc) is 1.37. The number of carbonyl (C=O) groups is 8. The second-order valence-corrected chi connectivity index (χ2v) is 27.7. The minimum atomic E-state index is -2.13. The number of carboxylic acid groups (broad SMARTS) is 1. The number of nitrogens with one attached hydrogen (secondary N) is 5. The van der Waals surface area contributed by atoms with Crippen LogP contribution >= 0.6 is 0 Å². The summed E-state index contributed by atoms with van der Waals surface area (Å²) in [5.41, 5.74) is 4.36. The molecule has 1 unspecified atom stereocenters. The van der Waals surface area contributed by atoms with Crippen LogP contribution in [0.5, 0.6) is 0 Å². The van der Waals surface area contributed by atoms with Crippen molar-refractivity contribution < 1.29 is 86.6 Å². The molecule has 100 heavy (non-hydrogen) atoms. The molecule has 6 amide bonds. The van der Waals surface area contributed by atoms with Crippen LogP contribution in [0.15, 0.2) is 97.9 Å². The molecule has 4 heterocycles. The van der Waals surface area contributed by atoms with E-state index in [1.54, 1.807) is 71.9 Å². The van der Waals surface area contributed by atoms with Crippen LogP contribution in [-0.2, 0) is 59.1 Å². The molecular weight excluding hydrogens is 1290 g/mol. The van der Waals surface area contributed by atoms with Gasteiger partial charge in [-0.15, -0.1) is 0 Å². The lowest BCUT2D eigenvalue weighted by Gasteiger charge is -2.43.